The molecule has 0 bridgehead atoms. The zero-order valence-electron chi connectivity index (χ0n) is 15.7. The number of carbonyl (C=O) groups excluding carboxylic acids is 2. The minimum atomic E-state index is -0.655. The Morgan fingerprint density at radius 3 is 2.19 bits per heavy atom. The molecule has 0 unspecified atom stereocenters. The van der Waals surface area contributed by atoms with Crippen molar-refractivity contribution in [2.24, 2.45) is 0 Å². The number of Topliss-reactive ketones (excluding diaryl/α,β-unsaturated/α-hetero) is 2. The summed E-state index contributed by atoms with van der Waals surface area (Å²) in [6.07, 6.45) is 14.3. The molecular weight excluding hydrogens is 348 g/mol. The van der Waals surface area contributed by atoms with Crippen molar-refractivity contribution >= 4 is 28.9 Å². The van der Waals surface area contributed by atoms with Crippen LogP contribution in [0.4, 0.5) is 0 Å². The summed E-state index contributed by atoms with van der Waals surface area (Å²) in [7, 11) is 0. The number of halogens is 1. The summed E-state index contributed by atoms with van der Waals surface area (Å²) in [5.41, 5.74) is 1.30. The topological polar surface area (TPSA) is 59.1 Å². The number of unbranched alkanes of at least 4 members (excludes halogenated alkanes) is 9. The molecule has 0 atom stereocenters. The number of pyridine rings is 1. The molecule has 0 amide bonds. The molecule has 1 heterocycles. The van der Waals surface area contributed by atoms with Crippen molar-refractivity contribution in [3.8, 4) is 0 Å². The maximum atomic E-state index is 12.0. The Hall–Kier alpha value is -1.68. The van der Waals surface area contributed by atoms with Crippen molar-refractivity contribution in [1.82, 2.24) is 10.3 Å². The molecule has 1 N–H and O–H groups in total. The lowest BCUT2D eigenvalue weighted by molar-refractivity contribution is -0.111. The Morgan fingerprint density at radius 2 is 1.54 bits per heavy atom. The first-order chi connectivity index (χ1) is 12.7. The molecule has 142 valence electrons. The molecule has 0 fully saturated rings. The first kappa shape index (κ1) is 20.6. The molecule has 0 radical (unpaired) electrons. The van der Waals surface area contributed by atoms with Gasteiger partial charge in [-0.1, -0.05) is 76.3 Å². The number of nitrogens with zero attached hydrogens (tertiary/aromatic N) is 1. The second kappa shape index (κ2) is 11.1. The number of rotatable bonds is 12. The van der Waals surface area contributed by atoms with Gasteiger partial charge in [0, 0.05) is 12.7 Å². The standard InChI is InChI=1S/C21H29ClN2O2/c1-2-3-4-5-6-7-8-9-10-11-14-24-19-17(22)21(26)20(25)16-13-12-15-23-18(16)19/h12-13,15,24H,2-11,14H2,1H3. The average Bonchev–Trinajstić information content (AvgIpc) is 2.66. The minimum absolute atomic E-state index is 0.0479. The summed E-state index contributed by atoms with van der Waals surface area (Å²) < 4.78 is 0. The van der Waals surface area contributed by atoms with Crippen molar-refractivity contribution in [1.29, 1.82) is 0 Å². The van der Waals surface area contributed by atoms with Gasteiger partial charge in [-0.15, -0.1) is 0 Å². The van der Waals surface area contributed by atoms with Crippen molar-refractivity contribution in [3.63, 3.8) is 0 Å². The third-order valence-corrected chi connectivity index (χ3v) is 5.11. The van der Waals surface area contributed by atoms with E-state index in [4.69, 9.17) is 11.6 Å². The van der Waals surface area contributed by atoms with Crippen molar-refractivity contribution < 1.29 is 9.59 Å². The quantitative estimate of drug-likeness (QED) is 0.399. The van der Waals surface area contributed by atoms with Crippen LogP contribution >= 0.6 is 11.6 Å². The van der Waals surface area contributed by atoms with Gasteiger partial charge >= 0.3 is 0 Å². The summed E-state index contributed by atoms with van der Waals surface area (Å²) >= 11 is 6.10. The van der Waals surface area contributed by atoms with E-state index >= 15 is 0 Å². The second-order valence-electron chi connectivity index (χ2n) is 6.86. The van der Waals surface area contributed by atoms with Crippen LogP contribution in [-0.2, 0) is 4.79 Å². The van der Waals surface area contributed by atoms with E-state index in [1.54, 1.807) is 18.3 Å². The van der Waals surface area contributed by atoms with Crippen LogP contribution in [0.3, 0.4) is 0 Å². The van der Waals surface area contributed by atoms with Gasteiger partial charge in [0.1, 0.15) is 5.03 Å². The maximum Gasteiger partial charge on any atom is 0.247 e. The van der Waals surface area contributed by atoms with Gasteiger partial charge in [0.05, 0.1) is 17.0 Å². The van der Waals surface area contributed by atoms with E-state index in [0.717, 1.165) is 19.4 Å². The van der Waals surface area contributed by atoms with Crippen LogP contribution in [0.25, 0.3) is 5.70 Å². The van der Waals surface area contributed by atoms with Crippen LogP contribution in [0.15, 0.2) is 23.4 Å². The number of allylic oxidation sites excluding steroid dienone is 1. The number of fused-ring (bicyclic) bond motifs is 1. The van der Waals surface area contributed by atoms with Gasteiger partial charge in [-0.2, -0.15) is 0 Å². The van der Waals surface area contributed by atoms with Crippen molar-refractivity contribution in [3.05, 3.63) is 34.6 Å². The van der Waals surface area contributed by atoms with Crippen LogP contribution in [0.1, 0.15) is 87.2 Å². The number of carbonyl (C=O) groups is 2. The fraction of sp³-hybridized carbons (Fsp3) is 0.571. The predicted molar refractivity (Wildman–Crippen MR) is 106 cm³/mol. The van der Waals surface area contributed by atoms with Gasteiger partial charge in [-0.3, -0.25) is 14.6 Å². The van der Waals surface area contributed by atoms with E-state index in [2.05, 4.69) is 17.2 Å². The van der Waals surface area contributed by atoms with Crippen LogP contribution in [-0.4, -0.2) is 23.1 Å². The molecule has 5 heteroatoms. The van der Waals surface area contributed by atoms with Crippen LogP contribution < -0.4 is 5.32 Å². The Morgan fingerprint density at radius 1 is 0.923 bits per heavy atom. The molecule has 0 saturated heterocycles. The Kier molecular flexibility index (Phi) is 8.82. The van der Waals surface area contributed by atoms with Gasteiger partial charge in [0.2, 0.25) is 11.6 Å². The van der Waals surface area contributed by atoms with E-state index in [1.165, 1.54) is 51.4 Å². The van der Waals surface area contributed by atoms with E-state index in [9.17, 15) is 9.59 Å². The van der Waals surface area contributed by atoms with E-state index in [-0.39, 0.29) is 5.03 Å². The Bertz CT molecular complexity index is 655. The second-order valence-corrected chi connectivity index (χ2v) is 7.23. The van der Waals surface area contributed by atoms with Gasteiger partial charge in [0.25, 0.3) is 0 Å². The third-order valence-electron chi connectivity index (χ3n) is 4.75. The highest BCUT2D eigenvalue weighted by molar-refractivity contribution is 6.64. The van der Waals surface area contributed by atoms with E-state index < -0.39 is 11.6 Å². The Labute approximate surface area is 161 Å². The monoisotopic (exact) mass is 376 g/mol. The van der Waals surface area contributed by atoms with Crippen molar-refractivity contribution in [2.45, 2.75) is 71.1 Å². The maximum absolute atomic E-state index is 12.0. The van der Waals surface area contributed by atoms with Gasteiger partial charge in [0.15, 0.2) is 0 Å². The minimum Gasteiger partial charge on any atom is -0.382 e. The normalized spacial score (nSPS) is 13.9. The largest absolute Gasteiger partial charge is 0.382 e. The van der Waals surface area contributed by atoms with Gasteiger partial charge < -0.3 is 5.32 Å². The number of nitrogens with one attached hydrogen (secondary N) is 1. The smallest absolute Gasteiger partial charge is 0.247 e. The van der Waals surface area contributed by atoms with E-state index in [1.807, 2.05) is 0 Å². The molecule has 0 spiro atoms. The zero-order chi connectivity index (χ0) is 18.8. The molecule has 1 aromatic heterocycles. The summed E-state index contributed by atoms with van der Waals surface area (Å²) in [4.78, 5) is 28.2. The molecule has 0 saturated carbocycles. The molecule has 26 heavy (non-hydrogen) atoms. The summed E-state index contributed by atoms with van der Waals surface area (Å²) in [5, 5.41) is 3.17. The number of hydrogen-bond acceptors (Lipinski definition) is 4. The summed E-state index contributed by atoms with van der Waals surface area (Å²) in [6, 6.07) is 3.27. The summed E-state index contributed by atoms with van der Waals surface area (Å²) in [6.45, 7) is 2.96. The van der Waals surface area contributed by atoms with Crippen LogP contribution in [0, 0.1) is 0 Å². The van der Waals surface area contributed by atoms with Crippen molar-refractivity contribution in [2.75, 3.05) is 6.54 Å². The van der Waals surface area contributed by atoms with Gasteiger partial charge in [-0.05, 0) is 18.6 Å². The van der Waals surface area contributed by atoms with Crippen LogP contribution in [0.2, 0.25) is 0 Å². The molecule has 2 rings (SSSR count). The highest BCUT2D eigenvalue weighted by Gasteiger charge is 2.32. The first-order valence-electron chi connectivity index (χ1n) is 9.85. The highest BCUT2D eigenvalue weighted by atomic mass is 35.5. The van der Waals surface area contributed by atoms with Gasteiger partial charge in [-0.25, -0.2) is 0 Å². The molecule has 1 aromatic rings. The summed E-state index contributed by atoms with van der Waals surface area (Å²) in [5.74, 6) is -1.24. The van der Waals surface area contributed by atoms with E-state index in [0.29, 0.717) is 17.0 Å². The zero-order valence-corrected chi connectivity index (χ0v) is 16.4. The number of ketones is 2. The highest BCUT2D eigenvalue weighted by Crippen LogP contribution is 2.28. The molecule has 0 aromatic carbocycles. The first-order valence-corrected chi connectivity index (χ1v) is 10.2. The fourth-order valence-electron chi connectivity index (χ4n) is 3.21. The average molecular weight is 377 g/mol. The lowest BCUT2D eigenvalue weighted by Gasteiger charge is -2.18. The van der Waals surface area contributed by atoms with Crippen LogP contribution in [0.5, 0.6) is 0 Å². The Balaban J connectivity index is 1.69. The molecule has 4 nitrogen and oxygen atoms in total. The predicted octanol–water partition coefficient (Wildman–Crippen LogP) is 5.26. The fourth-order valence-corrected chi connectivity index (χ4v) is 3.46. The molecular formula is C21H29ClN2O2. The third kappa shape index (κ3) is 5.66. The molecule has 1 aliphatic rings. The molecule has 0 aliphatic heterocycles. The number of hydrogen-bond donors (Lipinski definition) is 1. The number of aromatic nitrogens is 1. The lowest BCUT2D eigenvalue weighted by Crippen LogP contribution is -2.28. The molecule has 1 aliphatic carbocycles. The lowest BCUT2D eigenvalue weighted by atomic mass is 9.97. The SMILES string of the molecule is CCCCCCCCCCCCNC1=C(Cl)C(=O)C(=O)c2cccnc21.